The number of alkyl halides is 3. The lowest BCUT2D eigenvalue weighted by molar-refractivity contribution is -0.138. The molecule has 2 N–H and O–H groups in total. The van der Waals surface area contributed by atoms with Gasteiger partial charge in [0.25, 0.3) is 0 Å². The highest BCUT2D eigenvalue weighted by Crippen LogP contribution is 2.41. The Kier molecular flexibility index (Phi) is 5.59. The number of hydrogen-bond acceptors (Lipinski definition) is 7. The highest BCUT2D eigenvalue weighted by atomic mass is 19.4. The number of aromatic nitrogens is 4. The molecule has 0 spiro atoms. The summed E-state index contributed by atoms with van der Waals surface area (Å²) in [6.07, 6.45) is -0.246. The van der Waals surface area contributed by atoms with Crippen molar-refractivity contribution in [3.8, 4) is 11.3 Å². The molecule has 1 saturated heterocycles. The first kappa shape index (κ1) is 22.5. The number of hydrogen-bond donors (Lipinski definition) is 2. The SMILES string of the molecule is Cc1noc(C)c1-c1nc2c(cc1F)C(c1nc(N[C@H]3CCCNC3)ncc1C(F)(F)F)=CC2. The fourth-order valence-corrected chi connectivity index (χ4v) is 4.47. The summed E-state index contributed by atoms with van der Waals surface area (Å²) < 4.78 is 61.8. The minimum absolute atomic E-state index is 0.0138. The summed E-state index contributed by atoms with van der Waals surface area (Å²) in [7, 11) is 0. The molecule has 0 radical (unpaired) electrons. The van der Waals surface area contributed by atoms with E-state index in [1.54, 1.807) is 19.9 Å². The lowest BCUT2D eigenvalue weighted by atomic mass is 10.0. The van der Waals surface area contributed by atoms with Gasteiger partial charge in [-0.2, -0.15) is 13.2 Å². The summed E-state index contributed by atoms with van der Waals surface area (Å²) in [5, 5.41) is 10.2. The summed E-state index contributed by atoms with van der Waals surface area (Å²) in [6.45, 7) is 4.90. The molecule has 11 heteroatoms. The minimum atomic E-state index is -4.67. The Morgan fingerprint density at radius 3 is 2.68 bits per heavy atom. The van der Waals surface area contributed by atoms with Gasteiger partial charge in [0.05, 0.1) is 22.6 Å². The number of aryl methyl sites for hydroxylation is 2. The zero-order valence-electron chi connectivity index (χ0n) is 18.6. The number of nitrogens with zero attached hydrogens (tertiary/aromatic N) is 4. The molecule has 0 saturated carbocycles. The van der Waals surface area contributed by atoms with Crippen LogP contribution in [0.2, 0.25) is 0 Å². The Balaban J connectivity index is 1.55. The highest BCUT2D eigenvalue weighted by Gasteiger charge is 2.37. The number of fused-ring (bicyclic) bond motifs is 1. The van der Waals surface area contributed by atoms with E-state index in [1.807, 2.05) is 0 Å². The Labute approximate surface area is 192 Å². The molecular formula is C23H22F4N6O. The van der Waals surface area contributed by atoms with Crippen LogP contribution in [0.1, 0.15) is 46.8 Å². The van der Waals surface area contributed by atoms with Gasteiger partial charge in [-0.3, -0.25) is 0 Å². The minimum Gasteiger partial charge on any atom is -0.361 e. The molecule has 2 aliphatic rings. The second kappa shape index (κ2) is 8.46. The molecule has 7 nitrogen and oxygen atoms in total. The average Bonchev–Trinajstić information content (AvgIpc) is 3.35. The summed E-state index contributed by atoms with van der Waals surface area (Å²) in [5.74, 6) is -0.153. The van der Waals surface area contributed by atoms with Crippen LogP contribution in [0.4, 0.5) is 23.5 Å². The van der Waals surface area contributed by atoms with Crippen molar-refractivity contribution in [2.75, 3.05) is 18.4 Å². The van der Waals surface area contributed by atoms with Gasteiger partial charge in [0.1, 0.15) is 22.8 Å². The number of nitrogens with one attached hydrogen (secondary N) is 2. The van der Waals surface area contributed by atoms with E-state index in [0.717, 1.165) is 25.6 Å². The molecule has 4 heterocycles. The van der Waals surface area contributed by atoms with E-state index < -0.39 is 17.6 Å². The summed E-state index contributed by atoms with van der Waals surface area (Å²) in [5.41, 5.74) is 0.652. The Bertz CT molecular complexity index is 1260. The molecule has 0 amide bonds. The van der Waals surface area contributed by atoms with Crippen LogP contribution < -0.4 is 10.6 Å². The largest absolute Gasteiger partial charge is 0.419 e. The van der Waals surface area contributed by atoms with Crippen molar-refractivity contribution in [2.24, 2.45) is 0 Å². The van der Waals surface area contributed by atoms with Gasteiger partial charge < -0.3 is 15.2 Å². The average molecular weight is 474 g/mol. The molecule has 3 aromatic rings. The number of allylic oxidation sites excluding steroid dienone is 1. The van der Waals surface area contributed by atoms with Gasteiger partial charge in [-0.15, -0.1) is 0 Å². The van der Waals surface area contributed by atoms with E-state index in [1.165, 1.54) is 6.07 Å². The third-order valence-electron chi connectivity index (χ3n) is 6.09. The molecule has 1 atom stereocenters. The van der Waals surface area contributed by atoms with E-state index in [-0.39, 0.29) is 40.9 Å². The maximum atomic E-state index is 15.1. The van der Waals surface area contributed by atoms with Crippen molar-refractivity contribution < 1.29 is 22.1 Å². The maximum Gasteiger partial charge on any atom is 0.419 e. The van der Waals surface area contributed by atoms with Crippen molar-refractivity contribution in [1.82, 2.24) is 25.4 Å². The van der Waals surface area contributed by atoms with Crippen molar-refractivity contribution in [1.29, 1.82) is 0 Å². The van der Waals surface area contributed by atoms with Crippen LogP contribution in [0.5, 0.6) is 0 Å². The first-order valence-corrected chi connectivity index (χ1v) is 11.0. The van der Waals surface area contributed by atoms with Crippen LogP contribution in [0, 0.1) is 19.7 Å². The zero-order chi connectivity index (χ0) is 24.0. The van der Waals surface area contributed by atoms with Gasteiger partial charge >= 0.3 is 6.18 Å². The number of anilines is 1. The second-order valence-corrected chi connectivity index (χ2v) is 8.48. The van der Waals surface area contributed by atoms with Gasteiger partial charge in [-0.05, 0) is 39.3 Å². The number of piperidine rings is 1. The van der Waals surface area contributed by atoms with Crippen LogP contribution in [0.3, 0.4) is 0 Å². The Hall–Kier alpha value is -3.34. The molecule has 0 unspecified atom stereocenters. The van der Waals surface area contributed by atoms with Crippen LogP contribution in [0.15, 0.2) is 22.9 Å². The lowest BCUT2D eigenvalue weighted by Crippen LogP contribution is -2.38. The zero-order valence-corrected chi connectivity index (χ0v) is 18.6. The molecule has 0 bridgehead atoms. The summed E-state index contributed by atoms with van der Waals surface area (Å²) in [6, 6.07) is 1.22. The molecule has 1 fully saturated rings. The summed E-state index contributed by atoms with van der Waals surface area (Å²) in [4.78, 5) is 12.6. The quantitative estimate of drug-likeness (QED) is 0.540. The van der Waals surface area contributed by atoms with Gasteiger partial charge in [-0.1, -0.05) is 11.2 Å². The number of rotatable bonds is 4. The van der Waals surface area contributed by atoms with Crippen LogP contribution in [0.25, 0.3) is 16.8 Å². The molecule has 5 rings (SSSR count). The highest BCUT2D eigenvalue weighted by molar-refractivity contribution is 5.85. The van der Waals surface area contributed by atoms with Crippen molar-refractivity contribution in [3.63, 3.8) is 0 Å². The third kappa shape index (κ3) is 4.04. The van der Waals surface area contributed by atoms with Crippen molar-refractivity contribution in [3.05, 3.63) is 58.1 Å². The molecule has 34 heavy (non-hydrogen) atoms. The Morgan fingerprint density at radius 1 is 1.18 bits per heavy atom. The lowest BCUT2D eigenvalue weighted by Gasteiger charge is -2.24. The maximum absolute atomic E-state index is 15.1. The smallest absolute Gasteiger partial charge is 0.361 e. The number of halogens is 4. The topological polar surface area (TPSA) is 88.8 Å². The van der Waals surface area contributed by atoms with E-state index in [4.69, 9.17) is 4.52 Å². The predicted octanol–water partition coefficient (Wildman–Crippen LogP) is 4.45. The molecule has 178 valence electrons. The van der Waals surface area contributed by atoms with Gasteiger partial charge in [0.15, 0.2) is 0 Å². The van der Waals surface area contributed by atoms with Crippen LogP contribution in [-0.4, -0.2) is 39.2 Å². The van der Waals surface area contributed by atoms with E-state index >= 15 is 4.39 Å². The first-order valence-electron chi connectivity index (χ1n) is 11.0. The first-order chi connectivity index (χ1) is 16.2. The van der Waals surface area contributed by atoms with Gasteiger partial charge in [0.2, 0.25) is 5.95 Å². The summed E-state index contributed by atoms with van der Waals surface area (Å²) >= 11 is 0. The fourth-order valence-electron chi connectivity index (χ4n) is 4.47. The molecule has 3 aromatic heterocycles. The molecular weight excluding hydrogens is 452 g/mol. The number of pyridine rings is 1. The van der Waals surface area contributed by atoms with Crippen molar-refractivity contribution in [2.45, 2.75) is 45.3 Å². The second-order valence-electron chi connectivity index (χ2n) is 8.48. The standard InChI is InChI=1S/C23H22F4N6O/c1-11-19(12(2)34-33-11)21-17(24)8-15-14(5-6-18(15)31-21)20-16(23(25,26)27)10-29-22(32-20)30-13-4-3-7-28-9-13/h5,8,10,13,28H,3-4,6-7,9H2,1-2H3,(H,29,30,32)/t13-/m0/s1. The molecule has 1 aliphatic heterocycles. The predicted molar refractivity (Wildman–Crippen MR) is 116 cm³/mol. The van der Waals surface area contributed by atoms with Crippen molar-refractivity contribution >= 4 is 11.5 Å². The van der Waals surface area contributed by atoms with E-state index in [0.29, 0.717) is 29.3 Å². The molecule has 0 aromatic carbocycles. The fraction of sp³-hybridized carbons (Fsp3) is 0.391. The van der Waals surface area contributed by atoms with Crippen LogP contribution >= 0.6 is 0 Å². The normalized spacial score (nSPS) is 18.1. The van der Waals surface area contributed by atoms with E-state index in [9.17, 15) is 13.2 Å². The third-order valence-corrected chi connectivity index (χ3v) is 6.09. The molecule has 1 aliphatic carbocycles. The van der Waals surface area contributed by atoms with Gasteiger partial charge in [0, 0.05) is 36.3 Å². The van der Waals surface area contributed by atoms with E-state index in [2.05, 4.69) is 30.7 Å². The monoisotopic (exact) mass is 474 g/mol. The van der Waals surface area contributed by atoms with Crippen LogP contribution in [-0.2, 0) is 12.6 Å². The van der Waals surface area contributed by atoms with Gasteiger partial charge in [-0.25, -0.2) is 19.3 Å². The Morgan fingerprint density at radius 2 is 2.00 bits per heavy atom.